The lowest BCUT2D eigenvalue weighted by Gasteiger charge is -2.16. The molecule has 3 nitrogen and oxygen atoms in total. The molecule has 0 saturated carbocycles. The summed E-state index contributed by atoms with van der Waals surface area (Å²) in [6.45, 7) is 0. The van der Waals surface area contributed by atoms with Gasteiger partial charge in [-0.1, -0.05) is 0 Å². The average molecular weight is 169 g/mol. The minimum Gasteiger partial charge on any atom is -0.501 e. The summed E-state index contributed by atoms with van der Waals surface area (Å²) in [5, 5.41) is 0. The molecular weight excluding hydrogens is 156 g/mol. The average Bonchev–Trinajstić information content (AvgIpc) is 2.16. The van der Waals surface area contributed by atoms with Crippen LogP contribution in [0.4, 0.5) is 0 Å². The molecule has 0 N–H and O–H groups in total. The predicted molar refractivity (Wildman–Crippen MR) is 45.1 cm³/mol. The molecule has 0 atom stereocenters. The Bertz CT molecular complexity index is 216. The monoisotopic (exact) mass is 169 g/mol. The number of hydrogen-bond acceptors (Lipinski definition) is 3. The summed E-state index contributed by atoms with van der Waals surface area (Å²) in [6.07, 6.45) is 4.48. The first-order valence-electron chi connectivity index (χ1n) is 3.71. The smallest absolute Gasteiger partial charge is 0.159 e. The molecule has 0 heterocycles. The van der Waals surface area contributed by atoms with Crippen molar-refractivity contribution in [1.82, 2.24) is 0 Å². The summed E-state index contributed by atoms with van der Waals surface area (Å²) in [4.78, 5) is 0. The Morgan fingerprint density at radius 2 is 1.83 bits per heavy atom. The van der Waals surface area contributed by atoms with Crippen LogP contribution in [0.1, 0.15) is 6.42 Å². The maximum Gasteiger partial charge on any atom is 0.159 e. The van der Waals surface area contributed by atoms with Crippen LogP contribution in [0.15, 0.2) is 23.4 Å². The topological polar surface area (TPSA) is 27.7 Å². The lowest BCUT2D eigenvalue weighted by Crippen LogP contribution is -2.04. The maximum absolute atomic E-state index is 5.11. The van der Waals surface area contributed by atoms with Gasteiger partial charge in [0.05, 0.1) is 21.3 Å². The molecule has 3 heteroatoms. The first-order chi connectivity index (χ1) is 5.81. The number of allylic oxidation sites excluding steroid dienone is 3. The summed E-state index contributed by atoms with van der Waals surface area (Å²) < 4.78 is 15.3. The first kappa shape index (κ1) is 8.97. The highest BCUT2D eigenvalue weighted by atomic mass is 16.5. The van der Waals surface area contributed by atoms with Crippen molar-refractivity contribution in [3.8, 4) is 0 Å². The Balaban J connectivity index is 2.81. The van der Waals surface area contributed by atoms with Crippen molar-refractivity contribution in [3.63, 3.8) is 0 Å². The standard InChI is InChI=1S/C9H13O3/c1-10-7-4-5-8(11-2)9(6-7)12-3/h4,6H,5H2,1-3H3. The summed E-state index contributed by atoms with van der Waals surface area (Å²) in [6, 6.07) is 0. The SMILES string of the molecule is COC1=CC(OC)=C(OC)C[CH]1. The fraction of sp³-hybridized carbons (Fsp3) is 0.444. The lowest BCUT2D eigenvalue weighted by atomic mass is 10.1. The third-order valence-corrected chi connectivity index (χ3v) is 1.74. The van der Waals surface area contributed by atoms with Crippen molar-refractivity contribution >= 4 is 0 Å². The molecule has 67 valence electrons. The van der Waals surface area contributed by atoms with Crippen LogP contribution >= 0.6 is 0 Å². The minimum absolute atomic E-state index is 0.722. The number of methoxy groups -OCH3 is 3. The van der Waals surface area contributed by atoms with E-state index in [1.54, 1.807) is 21.3 Å². The van der Waals surface area contributed by atoms with Gasteiger partial charge in [0, 0.05) is 18.9 Å². The second kappa shape index (κ2) is 4.04. The molecular formula is C9H13O3. The van der Waals surface area contributed by atoms with Gasteiger partial charge in [-0.15, -0.1) is 0 Å². The molecule has 0 fully saturated rings. The Hall–Kier alpha value is -1.12. The van der Waals surface area contributed by atoms with Crippen LogP contribution in [0.5, 0.6) is 0 Å². The molecule has 0 amide bonds. The number of rotatable bonds is 3. The van der Waals surface area contributed by atoms with Crippen molar-refractivity contribution in [3.05, 3.63) is 29.8 Å². The number of ether oxygens (including phenoxy) is 3. The predicted octanol–water partition coefficient (Wildman–Crippen LogP) is 1.63. The summed E-state index contributed by atoms with van der Waals surface area (Å²) in [7, 11) is 4.88. The molecule has 0 unspecified atom stereocenters. The molecule has 1 aliphatic rings. The van der Waals surface area contributed by atoms with Crippen molar-refractivity contribution in [2.45, 2.75) is 6.42 Å². The van der Waals surface area contributed by atoms with E-state index in [2.05, 4.69) is 0 Å². The zero-order chi connectivity index (χ0) is 8.97. The van der Waals surface area contributed by atoms with Gasteiger partial charge in [-0.2, -0.15) is 0 Å². The molecule has 1 rings (SSSR count). The third kappa shape index (κ3) is 1.72. The highest BCUT2D eigenvalue weighted by Crippen LogP contribution is 2.23. The van der Waals surface area contributed by atoms with Crippen molar-refractivity contribution < 1.29 is 14.2 Å². The van der Waals surface area contributed by atoms with Gasteiger partial charge in [0.15, 0.2) is 5.76 Å². The fourth-order valence-electron chi connectivity index (χ4n) is 1.06. The van der Waals surface area contributed by atoms with Crippen LogP contribution in [-0.4, -0.2) is 21.3 Å². The minimum atomic E-state index is 0.722. The molecule has 0 saturated heterocycles. The van der Waals surface area contributed by atoms with Crippen LogP contribution < -0.4 is 0 Å². The molecule has 0 aromatic rings. The van der Waals surface area contributed by atoms with E-state index in [9.17, 15) is 0 Å². The normalized spacial score (nSPS) is 17.1. The Labute approximate surface area is 72.6 Å². The maximum atomic E-state index is 5.11. The van der Waals surface area contributed by atoms with Gasteiger partial charge in [0.1, 0.15) is 11.5 Å². The summed E-state index contributed by atoms with van der Waals surface area (Å²) in [5.74, 6) is 2.38. The Kier molecular flexibility index (Phi) is 3.02. The summed E-state index contributed by atoms with van der Waals surface area (Å²) in [5.41, 5.74) is 0. The zero-order valence-electron chi connectivity index (χ0n) is 7.59. The second-order valence-electron chi connectivity index (χ2n) is 2.35. The molecule has 0 aliphatic heterocycles. The van der Waals surface area contributed by atoms with Crippen LogP contribution in [-0.2, 0) is 14.2 Å². The first-order valence-corrected chi connectivity index (χ1v) is 3.71. The van der Waals surface area contributed by atoms with E-state index < -0.39 is 0 Å². The van der Waals surface area contributed by atoms with Gasteiger partial charge in [0.2, 0.25) is 0 Å². The molecule has 12 heavy (non-hydrogen) atoms. The van der Waals surface area contributed by atoms with Gasteiger partial charge in [-0.25, -0.2) is 0 Å². The van der Waals surface area contributed by atoms with E-state index >= 15 is 0 Å². The van der Waals surface area contributed by atoms with Crippen LogP contribution in [0.3, 0.4) is 0 Å². The van der Waals surface area contributed by atoms with Crippen LogP contribution in [0.2, 0.25) is 0 Å². The van der Waals surface area contributed by atoms with E-state index in [1.165, 1.54) is 0 Å². The fourth-order valence-corrected chi connectivity index (χ4v) is 1.06. The zero-order valence-corrected chi connectivity index (χ0v) is 7.59. The van der Waals surface area contributed by atoms with E-state index in [1.807, 2.05) is 12.5 Å². The van der Waals surface area contributed by atoms with E-state index in [0.29, 0.717) is 0 Å². The van der Waals surface area contributed by atoms with Gasteiger partial charge in [-0.3, -0.25) is 0 Å². The molecule has 1 radical (unpaired) electrons. The Morgan fingerprint density at radius 3 is 2.33 bits per heavy atom. The van der Waals surface area contributed by atoms with Crippen molar-refractivity contribution in [2.75, 3.05) is 21.3 Å². The van der Waals surface area contributed by atoms with Crippen molar-refractivity contribution in [1.29, 1.82) is 0 Å². The lowest BCUT2D eigenvalue weighted by molar-refractivity contribution is 0.211. The second-order valence-corrected chi connectivity index (χ2v) is 2.35. The van der Waals surface area contributed by atoms with Gasteiger partial charge < -0.3 is 14.2 Å². The van der Waals surface area contributed by atoms with Crippen LogP contribution in [0, 0.1) is 6.42 Å². The highest BCUT2D eigenvalue weighted by Gasteiger charge is 2.14. The Morgan fingerprint density at radius 1 is 1.08 bits per heavy atom. The number of hydrogen-bond donors (Lipinski definition) is 0. The van der Waals surface area contributed by atoms with E-state index in [0.717, 1.165) is 23.7 Å². The summed E-state index contributed by atoms with van der Waals surface area (Å²) >= 11 is 0. The van der Waals surface area contributed by atoms with Gasteiger partial charge >= 0.3 is 0 Å². The quantitative estimate of drug-likeness (QED) is 0.642. The molecule has 0 aromatic heterocycles. The van der Waals surface area contributed by atoms with Crippen LogP contribution in [0.25, 0.3) is 0 Å². The molecule has 0 aromatic carbocycles. The van der Waals surface area contributed by atoms with Gasteiger partial charge in [-0.05, 0) is 0 Å². The molecule has 0 bridgehead atoms. The third-order valence-electron chi connectivity index (χ3n) is 1.74. The van der Waals surface area contributed by atoms with Crippen molar-refractivity contribution in [2.24, 2.45) is 0 Å². The van der Waals surface area contributed by atoms with E-state index in [4.69, 9.17) is 14.2 Å². The van der Waals surface area contributed by atoms with Gasteiger partial charge in [0.25, 0.3) is 0 Å². The largest absolute Gasteiger partial charge is 0.501 e. The highest BCUT2D eigenvalue weighted by molar-refractivity contribution is 5.29. The van der Waals surface area contributed by atoms with E-state index in [-0.39, 0.29) is 0 Å². The molecule has 1 aliphatic carbocycles. The molecule has 0 spiro atoms.